The van der Waals surface area contributed by atoms with Gasteiger partial charge in [-0.15, -0.1) is 0 Å². The molecule has 2 aromatic heterocycles. The molecule has 0 bridgehead atoms. The molecule has 0 fully saturated rings. The fourth-order valence-corrected chi connectivity index (χ4v) is 3.34. The number of hydrogen-bond acceptors (Lipinski definition) is 4. The minimum Gasteiger partial charge on any atom is -0.328 e. The second-order valence-corrected chi connectivity index (χ2v) is 8.23. The first-order valence-corrected chi connectivity index (χ1v) is 9.88. The summed E-state index contributed by atoms with van der Waals surface area (Å²) in [5, 5.41) is 0. The molecule has 2 rings (SSSR count). The molecule has 0 aliphatic carbocycles. The fourth-order valence-electron chi connectivity index (χ4n) is 2.68. The standard InChI is InChI=1S/C16H25N3O2S/c1-5-6-8-15-18-14-11-17-13(3)12(2)16(14)19(15)9-7-10-22(4,20)21/h11H,5-10H2,1-4H3. The van der Waals surface area contributed by atoms with Crippen molar-refractivity contribution in [3.8, 4) is 0 Å². The van der Waals surface area contributed by atoms with Crippen LogP contribution in [-0.4, -0.2) is 35.0 Å². The van der Waals surface area contributed by atoms with Crippen LogP contribution in [0.2, 0.25) is 0 Å². The van der Waals surface area contributed by atoms with E-state index in [1.807, 2.05) is 13.1 Å². The van der Waals surface area contributed by atoms with E-state index in [1.165, 1.54) is 6.26 Å². The van der Waals surface area contributed by atoms with Crippen LogP contribution in [0.25, 0.3) is 11.0 Å². The number of hydrogen-bond donors (Lipinski definition) is 0. The summed E-state index contributed by atoms with van der Waals surface area (Å²) in [6.07, 6.45) is 6.84. The van der Waals surface area contributed by atoms with Crippen LogP contribution in [0.5, 0.6) is 0 Å². The van der Waals surface area contributed by atoms with E-state index >= 15 is 0 Å². The Morgan fingerprint density at radius 2 is 1.95 bits per heavy atom. The highest BCUT2D eigenvalue weighted by atomic mass is 32.2. The Balaban J connectivity index is 2.39. The van der Waals surface area contributed by atoms with Gasteiger partial charge in [0.25, 0.3) is 0 Å². The number of aromatic nitrogens is 3. The number of imidazole rings is 1. The lowest BCUT2D eigenvalue weighted by atomic mass is 10.2. The molecular formula is C16H25N3O2S. The SMILES string of the molecule is CCCCc1nc2cnc(C)c(C)c2n1CCCS(C)(=O)=O. The lowest BCUT2D eigenvalue weighted by molar-refractivity contribution is 0.588. The molecular weight excluding hydrogens is 298 g/mol. The second kappa shape index (κ2) is 6.77. The van der Waals surface area contributed by atoms with Gasteiger partial charge in [-0.25, -0.2) is 13.4 Å². The van der Waals surface area contributed by atoms with Crippen molar-refractivity contribution in [1.82, 2.24) is 14.5 Å². The zero-order valence-electron chi connectivity index (χ0n) is 13.9. The van der Waals surface area contributed by atoms with Crippen LogP contribution in [0.3, 0.4) is 0 Å². The molecule has 122 valence electrons. The fraction of sp³-hybridized carbons (Fsp3) is 0.625. The van der Waals surface area contributed by atoms with Gasteiger partial charge in [-0.05, 0) is 32.3 Å². The number of pyridine rings is 1. The van der Waals surface area contributed by atoms with Crippen molar-refractivity contribution in [2.24, 2.45) is 0 Å². The smallest absolute Gasteiger partial charge is 0.147 e. The van der Waals surface area contributed by atoms with Crippen molar-refractivity contribution >= 4 is 20.9 Å². The predicted molar refractivity (Wildman–Crippen MR) is 89.9 cm³/mol. The third-order valence-electron chi connectivity index (χ3n) is 4.00. The number of unbranched alkanes of at least 4 members (excludes halogenated alkanes) is 1. The number of aryl methyl sites for hydroxylation is 4. The van der Waals surface area contributed by atoms with Gasteiger partial charge in [-0.1, -0.05) is 13.3 Å². The third kappa shape index (κ3) is 3.85. The summed E-state index contributed by atoms with van der Waals surface area (Å²) >= 11 is 0. The first-order chi connectivity index (χ1) is 10.3. The van der Waals surface area contributed by atoms with Crippen molar-refractivity contribution in [2.45, 2.75) is 53.0 Å². The number of rotatable bonds is 7. The van der Waals surface area contributed by atoms with Gasteiger partial charge < -0.3 is 4.57 Å². The molecule has 0 radical (unpaired) electrons. The Morgan fingerprint density at radius 3 is 2.59 bits per heavy atom. The van der Waals surface area contributed by atoms with Gasteiger partial charge in [0, 0.05) is 24.9 Å². The largest absolute Gasteiger partial charge is 0.328 e. The number of fused-ring (bicyclic) bond motifs is 1. The van der Waals surface area contributed by atoms with Crippen LogP contribution in [0.1, 0.15) is 43.3 Å². The number of nitrogens with zero attached hydrogens (tertiary/aromatic N) is 3. The van der Waals surface area contributed by atoms with Crippen molar-refractivity contribution in [3.63, 3.8) is 0 Å². The van der Waals surface area contributed by atoms with Crippen molar-refractivity contribution < 1.29 is 8.42 Å². The van der Waals surface area contributed by atoms with E-state index in [-0.39, 0.29) is 5.75 Å². The molecule has 22 heavy (non-hydrogen) atoms. The minimum atomic E-state index is -2.92. The average molecular weight is 323 g/mol. The van der Waals surface area contributed by atoms with E-state index in [1.54, 1.807) is 0 Å². The zero-order chi connectivity index (χ0) is 16.3. The van der Waals surface area contributed by atoms with Gasteiger partial charge in [-0.2, -0.15) is 0 Å². The highest BCUT2D eigenvalue weighted by Crippen LogP contribution is 2.23. The van der Waals surface area contributed by atoms with E-state index < -0.39 is 9.84 Å². The Labute approximate surface area is 132 Å². The molecule has 0 saturated heterocycles. The maximum atomic E-state index is 11.4. The van der Waals surface area contributed by atoms with Crippen LogP contribution in [0.15, 0.2) is 6.20 Å². The van der Waals surface area contributed by atoms with Gasteiger partial charge in [0.15, 0.2) is 0 Å². The molecule has 6 heteroatoms. The average Bonchev–Trinajstić information content (AvgIpc) is 2.78. The topological polar surface area (TPSA) is 64.8 Å². The Hall–Kier alpha value is -1.43. The van der Waals surface area contributed by atoms with Gasteiger partial charge >= 0.3 is 0 Å². The van der Waals surface area contributed by atoms with Crippen LogP contribution >= 0.6 is 0 Å². The molecule has 5 nitrogen and oxygen atoms in total. The molecule has 0 spiro atoms. The van der Waals surface area contributed by atoms with Crippen molar-refractivity contribution in [3.05, 3.63) is 23.3 Å². The summed E-state index contributed by atoms with van der Waals surface area (Å²) in [6.45, 7) is 6.90. The third-order valence-corrected chi connectivity index (χ3v) is 5.03. The van der Waals surface area contributed by atoms with Gasteiger partial charge in [0.2, 0.25) is 0 Å². The molecule has 0 saturated carbocycles. The van der Waals surface area contributed by atoms with E-state index in [4.69, 9.17) is 4.98 Å². The Kier molecular flexibility index (Phi) is 5.21. The molecule has 2 aromatic rings. The molecule has 0 N–H and O–H groups in total. The Bertz CT molecular complexity index is 763. The predicted octanol–water partition coefficient (Wildman–Crippen LogP) is 2.83. The number of sulfone groups is 1. The van der Waals surface area contributed by atoms with E-state index in [9.17, 15) is 8.42 Å². The van der Waals surface area contributed by atoms with Crippen LogP contribution in [0, 0.1) is 13.8 Å². The van der Waals surface area contributed by atoms with Crippen molar-refractivity contribution in [1.29, 1.82) is 0 Å². The maximum Gasteiger partial charge on any atom is 0.147 e. The summed E-state index contributed by atoms with van der Waals surface area (Å²) in [4.78, 5) is 9.11. The van der Waals surface area contributed by atoms with E-state index in [0.29, 0.717) is 13.0 Å². The maximum absolute atomic E-state index is 11.4. The Morgan fingerprint density at radius 1 is 1.23 bits per heavy atom. The monoisotopic (exact) mass is 323 g/mol. The first-order valence-electron chi connectivity index (χ1n) is 7.82. The molecule has 0 aliphatic heterocycles. The van der Waals surface area contributed by atoms with E-state index in [2.05, 4.69) is 23.4 Å². The molecule has 0 unspecified atom stereocenters. The summed E-state index contributed by atoms with van der Waals surface area (Å²) < 4.78 is 24.9. The van der Waals surface area contributed by atoms with E-state index in [0.717, 1.165) is 47.4 Å². The van der Waals surface area contributed by atoms with Crippen molar-refractivity contribution in [2.75, 3.05) is 12.0 Å². The summed E-state index contributed by atoms with van der Waals surface area (Å²) in [5.41, 5.74) is 4.14. The minimum absolute atomic E-state index is 0.211. The van der Waals surface area contributed by atoms with Crippen LogP contribution in [0.4, 0.5) is 0 Å². The molecule has 0 atom stereocenters. The highest BCUT2D eigenvalue weighted by molar-refractivity contribution is 7.90. The normalized spacial score (nSPS) is 12.2. The first kappa shape index (κ1) is 16.9. The second-order valence-electron chi connectivity index (χ2n) is 5.97. The summed E-state index contributed by atoms with van der Waals surface area (Å²) in [5.74, 6) is 1.25. The molecule has 2 heterocycles. The lowest BCUT2D eigenvalue weighted by Gasteiger charge is -2.11. The highest BCUT2D eigenvalue weighted by Gasteiger charge is 2.14. The molecule has 0 aromatic carbocycles. The van der Waals surface area contributed by atoms with Gasteiger partial charge in [0.05, 0.1) is 17.5 Å². The van der Waals surface area contributed by atoms with Gasteiger partial charge in [0.1, 0.15) is 21.2 Å². The summed E-state index contributed by atoms with van der Waals surface area (Å²) in [6, 6.07) is 0. The molecule has 0 aliphatic rings. The van der Waals surface area contributed by atoms with Crippen LogP contribution in [-0.2, 0) is 22.8 Å². The lowest BCUT2D eigenvalue weighted by Crippen LogP contribution is -2.10. The van der Waals surface area contributed by atoms with Crippen LogP contribution < -0.4 is 0 Å². The molecule has 0 amide bonds. The summed E-state index contributed by atoms with van der Waals surface area (Å²) in [7, 11) is -2.92. The van der Waals surface area contributed by atoms with Gasteiger partial charge in [-0.3, -0.25) is 4.98 Å². The zero-order valence-corrected chi connectivity index (χ0v) is 14.7. The quantitative estimate of drug-likeness (QED) is 0.786.